The summed E-state index contributed by atoms with van der Waals surface area (Å²) in [6.45, 7) is 4.14. The number of fused-ring (bicyclic) bond motifs is 1. The molecule has 158 valence electrons. The summed E-state index contributed by atoms with van der Waals surface area (Å²) in [6.07, 6.45) is 0. The summed E-state index contributed by atoms with van der Waals surface area (Å²) in [5.74, 6) is 1.63. The van der Waals surface area contributed by atoms with Crippen LogP contribution in [-0.2, 0) is 9.98 Å². The van der Waals surface area contributed by atoms with E-state index in [9.17, 15) is 14.7 Å². The largest absolute Gasteiger partial charge is 0.430 e. The number of allylic oxidation sites excluding steroid dienone is 1. The Morgan fingerprint density at radius 1 is 0.968 bits per heavy atom. The van der Waals surface area contributed by atoms with Gasteiger partial charge in [0.1, 0.15) is 0 Å². The summed E-state index contributed by atoms with van der Waals surface area (Å²) in [5.41, 5.74) is 2.33. The van der Waals surface area contributed by atoms with Gasteiger partial charge in [-0.25, -0.2) is 0 Å². The van der Waals surface area contributed by atoms with Gasteiger partial charge in [0.05, 0.1) is 10.2 Å². The van der Waals surface area contributed by atoms with Crippen LogP contribution < -0.4 is 14.7 Å². The van der Waals surface area contributed by atoms with E-state index in [0.29, 0.717) is 5.30 Å². The van der Waals surface area contributed by atoms with E-state index in [2.05, 4.69) is 19.9 Å². The second-order valence-corrected chi connectivity index (χ2v) is 10.1. The number of nitro groups is 1. The molecule has 0 N–H and O–H groups in total. The first kappa shape index (κ1) is 20.9. The summed E-state index contributed by atoms with van der Waals surface area (Å²) >= 11 is 0. The molecule has 0 aromatic heterocycles. The molecule has 1 aliphatic rings. The molecule has 0 spiro atoms. The fourth-order valence-electron chi connectivity index (χ4n) is 4.01. The van der Waals surface area contributed by atoms with Crippen LogP contribution in [0.5, 0.6) is 5.75 Å². The van der Waals surface area contributed by atoms with Crippen LogP contribution in [0.2, 0.25) is 0 Å². The molecule has 4 rings (SSSR count). The Hall–Kier alpha value is -3.37. The lowest BCUT2D eigenvalue weighted by atomic mass is 9.84. The van der Waals surface area contributed by atoms with E-state index in [1.165, 1.54) is 12.1 Å². The highest BCUT2D eigenvalue weighted by Crippen LogP contribution is 2.55. The van der Waals surface area contributed by atoms with Gasteiger partial charge in [-0.2, -0.15) is 0 Å². The Morgan fingerprint density at radius 3 is 2.26 bits per heavy atom. The third-order valence-corrected chi connectivity index (χ3v) is 7.72. The highest BCUT2D eigenvalue weighted by atomic mass is 31.2. The molecule has 1 aliphatic heterocycles. The second kappa shape index (κ2) is 7.71. The average Bonchev–Trinajstić information content (AvgIpc) is 2.95. The molecule has 0 aliphatic carbocycles. The van der Waals surface area contributed by atoms with Crippen molar-refractivity contribution in [1.82, 2.24) is 0 Å². The molecule has 0 bridgehead atoms. The van der Waals surface area contributed by atoms with Crippen molar-refractivity contribution >= 4 is 24.0 Å². The molecule has 3 aromatic carbocycles. The van der Waals surface area contributed by atoms with Crippen LogP contribution in [0, 0.1) is 10.1 Å². The molecule has 6 nitrogen and oxygen atoms in total. The standard InChI is InChI=1S/C24H23N2O4P/c1-24(2)19-13-7-8-14-20(19)25(3)23(24)17-31(29,18-11-5-4-6-12-18)30-22-16-10-9-15-21(22)26(27)28/h4-17H,1-3H3/b23-17-/t31-/m0/s1. The SMILES string of the molecule is CN1/C(=C\[P@](=O)(Oc2ccccc2[N+](=O)[O-])c2ccccc2)C(C)(C)c2ccccc21. The Kier molecular flexibility index (Phi) is 5.19. The van der Waals surface area contributed by atoms with Gasteiger partial charge in [0.15, 0.2) is 0 Å². The number of likely N-dealkylation sites (N-methyl/N-ethyl adjacent to an activating group) is 1. The number of hydrogen-bond acceptors (Lipinski definition) is 5. The van der Waals surface area contributed by atoms with Crippen molar-refractivity contribution < 1.29 is 14.0 Å². The van der Waals surface area contributed by atoms with E-state index in [1.54, 1.807) is 42.2 Å². The highest BCUT2D eigenvalue weighted by molar-refractivity contribution is 7.70. The smallest absolute Gasteiger partial charge is 0.311 e. The molecule has 0 fully saturated rings. The maximum atomic E-state index is 14.4. The number of para-hydroxylation sites is 3. The topological polar surface area (TPSA) is 72.7 Å². The summed E-state index contributed by atoms with van der Waals surface area (Å²) in [7, 11) is -1.73. The Labute approximate surface area is 181 Å². The van der Waals surface area contributed by atoms with Crippen LogP contribution in [0.1, 0.15) is 19.4 Å². The first-order chi connectivity index (χ1) is 14.7. The lowest BCUT2D eigenvalue weighted by Crippen LogP contribution is -2.24. The molecule has 0 saturated carbocycles. The van der Waals surface area contributed by atoms with Gasteiger partial charge in [0, 0.05) is 35.7 Å². The van der Waals surface area contributed by atoms with Crippen molar-refractivity contribution in [2.24, 2.45) is 0 Å². The van der Waals surface area contributed by atoms with Crippen LogP contribution in [-0.4, -0.2) is 12.0 Å². The number of hydrogen-bond donors (Lipinski definition) is 0. The zero-order valence-electron chi connectivity index (χ0n) is 17.6. The predicted octanol–water partition coefficient (Wildman–Crippen LogP) is 5.85. The monoisotopic (exact) mass is 434 g/mol. The average molecular weight is 434 g/mol. The van der Waals surface area contributed by atoms with Crippen molar-refractivity contribution in [2.75, 3.05) is 11.9 Å². The minimum Gasteiger partial charge on any atom is -0.430 e. The van der Waals surface area contributed by atoms with Crippen molar-refractivity contribution in [2.45, 2.75) is 19.3 Å². The van der Waals surface area contributed by atoms with E-state index < -0.39 is 17.7 Å². The summed E-state index contributed by atoms with van der Waals surface area (Å²) in [5, 5.41) is 12.0. The molecule has 7 heteroatoms. The summed E-state index contributed by atoms with van der Waals surface area (Å²) in [6, 6.07) is 22.9. The van der Waals surface area contributed by atoms with Crippen molar-refractivity contribution in [3.05, 3.63) is 106 Å². The molecule has 0 amide bonds. The van der Waals surface area contributed by atoms with Crippen molar-refractivity contribution in [3.63, 3.8) is 0 Å². The van der Waals surface area contributed by atoms with Gasteiger partial charge in [0.25, 0.3) is 0 Å². The highest BCUT2D eigenvalue weighted by Gasteiger charge is 2.41. The number of benzene rings is 3. The van der Waals surface area contributed by atoms with E-state index in [0.717, 1.165) is 16.9 Å². The maximum Gasteiger partial charge on any atom is 0.311 e. The van der Waals surface area contributed by atoms with Gasteiger partial charge in [-0.05, 0) is 29.8 Å². The van der Waals surface area contributed by atoms with E-state index in [4.69, 9.17) is 4.52 Å². The van der Waals surface area contributed by atoms with E-state index in [-0.39, 0.29) is 11.4 Å². The predicted molar refractivity (Wildman–Crippen MR) is 123 cm³/mol. The van der Waals surface area contributed by atoms with Gasteiger partial charge in [0.2, 0.25) is 5.75 Å². The fraction of sp³-hybridized carbons (Fsp3) is 0.167. The molecule has 1 heterocycles. The van der Waals surface area contributed by atoms with Gasteiger partial charge in [-0.15, -0.1) is 0 Å². The Bertz CT molecular complexity index is 1220. The molecule has 0 unspecified atom stereocenters. The first-order valence-corrected chi connectivity index (χ1v) is 11.6. The number of anilines is 1. The van der Waals surface area contributed by atoms with Crippen LogP contribution in [0.25, 0.3) is 0 Å². The fourth-order valence-corrected chi connectivity index (χ4v) is 6.17. The lowest BCUT2D eigenvalue weighted by molar-refractivity contribution is -0.385. The molecular formula is C24H23N2O4P. The molecule has 0 saturated heterocycles. The number of nitrogens with zero attached hydrogens (tertiary/aromatic N) is 2. The van der Waals surface area contributed by atoms with Gasteiger partial charge in [-0.1, -0.05) is 62.4 Å². The van der Waals surface area contributed by atoms with E-state index in [1.807, 2.05) is 36.2 Å². The third kappa shape index (κ3) is 3.64. The quantitative estimate of drug-likeness (QED) is 0.286. The zero-order valence-corrected chi connectivity index (χ0v) is 18.5. The van der Waals surface area contributed by atoms with Crippen LogP contribution >= 0.6 is 7.37 Å². The van der Waals surface area contributed by atoms with Crippen LogP contribution in [0.15, 0.2) is 90.4 Å². The number of rotatable bonds is 5. The molecular weight excluding hydrogens is 411 g/mol. The minimum atomic E-state index is -3.66. The van der Waals surface area contributed by atoms with Crippen molar-refractivity contribution in [1.29, 1.82) is 0 Å². The Balaban J connectivity index is 1.88. The Morgan fingerprint density at radius 2 is 1.58 bits per heavy atom. The molecule has 3 aromatic rings. The first-order valence-electron chi connectivity index (χ1n) is 9.89. The van der Waals surface area contributed by atoms with Crippen LogP contribution in [0.4, 0.5) is 11.4 Å². The number of nitro benzene ring substituents is 1. The summed E-state index contributed by atoms with van der Waals surface area (Å²) < 4.78 is 20.3. The van der Waals surface area contributed by atoms with E-state index >= 15 is 0 Å². The minimum absolute atomic E-state index is 0.0208. The maximum absolute atomic E-state index is 14.4. The van der Waals surface area contributed by atoms with Gasteiger partial charge >= 0.3 is 13.1 Å². The third-order valence-electron chi connectivity index (χ3n) is 5.64. The van der Waals surface area contributed by atoms with Crippen molar-refractivity contribution in [3.8, 4) is 5.75 Å². The molecule has 1 atom stereocenters. The van der Waals surface area contributed by atoms with Gasteiger partial charge in [-0.3, -0.25) is 14.7 Å². The molecule has 0 radical (unpaired) electrons. The zero-order chi connectivity index (χ0) is 22.2. The lowest BCUT2D eigenvalue weighted by Gasteiger charge is -2.26. The molecule has 31 heavy (non-hydrogen) atoms. The summed E-state index contributed by atoms with van der Waals surface area (Å²) in [4.78, 5) is 13.0. The second-order valence-electron chi connectivity index (χ2n) is 7.96. The van der Waals surface area contributed by atoms with Crippen LogP contribution in [0.3, 0.4) is 0 Å². The van der Waals surface area contributed by atoms with Gasteiger partial charge < -0.3 is 9.42 Å². The normalized spacial score (nSPS) is 17.8.